The second kappa shape index (κ2) is 13.0. The summed E-state index contributed by atoms with van der Waals surface area (Å²) >= 11 is 0. The van der Waals surface area contributed by atoms with Crippen molar-refractivity contribution < 1.29 is 9.13 Å². The molecule has 180 valence electrons. The summed E-state index contributed by atoms with van der Waals surface area (Å²) in [6, 6.07) is 12.0. The average Bonchev–Trinajstić information content (AvgIpc) is 3.28. The summed E-state index contributed by atoms with van der Waals surface area (Å²) in [6.45, 7) is 9.53. The molecule has 0 amide bonds. The fourth-order valence-corrected chi connectivity index (χ4v) is 4.13. The lowest BCUT2D eigenvalue weighted by atomic mass is 10.1. The summed E-state index contributed by atoms with van der Waals surface area (Å²) in [7, 11) is 0. The van der Waals surface area contributed by atoms with Crippen LogP contribution in [0.2, 0.25) is 0 Å². The number of aliphatic imine (C=N–C) groups is 1. The van der Waals surface area contributed by atoms with Crippen molar-refractivity contribution in [1.82, 2.24) is 20.5 Å². The molecule has 0 saturated carbocycles. The second-order valence-corrected chi connectivity index (χ2v) is 8.28. The lowest BCUT2D eigenvalue weighted by Gasteiger charge is -2.26. The molecular formula is C24H34FIN6O. The number of halogens is 2. The van der Waals surface area contributed by atoms with Gasteiger partial charge in [-0.05, 0) is 36.6 Å². The molecule has 0 aliphatic carbocycles. The van der Waals surface area contributed by atoms with Crippen molar-refractivity contribution in [1.29, 1.82) is 0 Å². The van der Waals surface area contributed by atoms with E-state index < -0.39 is 0 Å². The number of guanidine groups is 1. The van der Waals surface area contributed by atoms with E-state index in [2.05, 4.69) is 51.7 Å². The zero-order valence-electron chi connectivity index (χ0n) is 19.2. The summed E-state index contributed by atoms with van der Waals surface area (Å²) in [5.41, 5.74) is 2.49. The van der Waals surface area contributed by atoms with E-state index in [-0.39, 0.29) is 35.8 Å². The largest absolute Gasteiger partial charge is 0.379 e. The minimum Gasteiger partial charge on any atom is -0.379 e. The highest BCUT2D eigenvalue weighted by Gasteiger charge is 2.25. The third kappa shape index (κ3) is 7.51. The highest BCUT2D eigenvalue weighted by molar-refractivity contribution is 14.0. The number of aromatic nitrogens is 1. The highest BCUT2D eigenvalue weighted by atomic mass is 127. The van der Waals surface area contributed by atoms with Crippen LogP contribution in [0.5, 0.6) is 0 Å². The van der Waals surface area contributed by atoms with E-state index in [1.807, 2.05) is 4.90 Å². The Labute approximate surface area is 212 Å². The van der Waals surface area contributed by atoms with Crippen LogP contribution in [0.15, 0.2) is 47.6 Å². The van der Waals surface area contributed by atoms with E-state index in [9.17, 15) is 4.39 Å². The molecule has 9 heteroatoms. The van der Waals surface area contributed by atoms with Crippen molar-refractivity contribution >= 4 is 35.8 Å². The molecule has 4 rings (SSSR count). The van der Waals surface area contributed by atoms with Crippen LogP contribution in [0.4, 0.5) is 10.2 Å². The van der Waals surface area contributed by atoms with E-state index in [4.69, 9.17) is 9.73 Å². The van der Waals surface area contributed by atoms with Gasteiger partial charge in [0.05, 0.1) is 19.8 Å². The van der Waals surface area contributed by atoms with E-state index in [0.29, 0.717) is 18.9 Å². The van der Waals surface area contributed by atoms with Crippen molar-refractivity contribution in [2.24, 2.45) is 4.99 Å². The zero-order valence-corrected chi connectivity index (χ0v) is 21.5. The number of hydrogen-bond acceptors (Lipinski definition) is 5. The smallest absolute Gasteiger partial charge is 0.191 e. The molecular weight excluding hydrogens is 534 g/mol. The summed E-state index contributed by atoms with van der Waals surface area (Å²) < 4.78 is 19.5. The molecule has 2 saturated heterocycles. The molecule has 2 aromatic rings. The molecule has 1 aromatic heterocycles. The first-order chi connectivity index (χ1) is 15.7. The number of benzene rings is 1. The van der Waals surface area contributed by atoms with Gasteiger partial charge in [-0.25, -0.2) is 14.4 Å². The number of pyridine rings is 1. The first-order valence-electron chi connectivity index (χ1n) is 11.5. The monoisotopic (exact) mass is 568 g/mol. The average molecular weight is 568 g/mol. The molecule has 2 fully saturated rings. The van der Waals surface area contributed by atoms with Gasteiger partial charge in [0.2, 0.25) is 0 Å². The number of hydrogen-bond donors (Lipinski definition) is 2. The van der Waals surface area contributed by atoms with Gasteiger partial charge in [-0.2, -0.15) is 0 Å². The summed E-state index contributed by atoms with van der Waals surface area (Å²) in [5.74, 6) is 0.944. The standard InChI is InChI=1S/C24H33FN6O.HI/c1-2-26-24(29-21-9-11-31(18-21)23-22(25)4-3-10-27-23)28-16-19-5-7-20(8-6-19)17-30-12-14-32-15-13-30;/h3-8,10,21H,2,9,11-18H2,1H3,(H2,26,28,29);1H. The van der Waals surface area contributed by atoms with E-state index in [1.54, 1.807) is 12.3 Å². The Morgan fingerprint density at radius 1 is 1.15 bits per heavy atom. The summed E-state index contributed by atoms with van der Waals surface area (Å²) in [4.78, 5) is 13.4. The highest BCUT2D eigenvalue weighted by Crippen LogP contribution is 2.20. The van der Waals surface area contributed by atoms with Crippen LogP contribution < -0.4 is 15.5 Å². The molecule has 0 spiro atoms. The maximum atomic E-state index is 14.1. The van der Waals surface area contributed by atoms with Crippen LogP contribution in [0.3, 0.4) is 0 Å². The molecule has 2 aliphatic rings. The SMILES string of the molecule is CCNC(=NCc1ccc(CN2CCOCC2)cc1)NC1CCN(c2ncccc2F)C1.I. The Bertz CT molecular complexity index is 891. The first kappa shape index (κ1) is 25.6. The molecule has 0 radical (unpaired) electrons. The van der Waals surface area contributed by atoms with Gasteiger partial charge in [0.15, 0.2) is 17.6 Å². The second-order valence-electron chi connectivity index (χ2n) is 8.28. The summed E-state index contributed by atoms with van der Waals surface area (Å²) in [5, 5.41) is 6.82. The van der Waals surface area contributed by atoms with Gasteiger partial charge in [-0.3, -0.25) is 4.90 Å². The van der Waals surface area contributed by atoms with Crippen molar-refractivity contribution in [2.45, 2.75) is 32.5 Å². The Morgan fingerprint density at radius 3 is 2.64 bits per heavy atom. The van der Waals surface area contributed by atoms with Crippen molar-refractivity contribution in [3.05, 3.63) is 59.5 Å². The Hall–Kier alpha value is -1.98. The number of rotatable bonds is 7. The van der Waals surface area contributed by atoms with Crippen LogP contribution in [-0.2, 0) is 17.8 Å². The molecule has 3 heterocycles. The zero-order chi connectivity index (χ0) is 22.2. The molecule has 1 unspecified atom stereocenters. The number of anilines is 1. The van der Waals surface area contributed by atoms with E-state index >= 15 is 0 Å². The molecule has 2 aliphatic heterocycles. The Kier molecular flexibility index (Phi) is 10.1. The topological polar surface area (TPSA) is 65.0 Å². The first-order valence-corrected chi connectivity index (χ1v) is 11.5. The number of nitrogens with zero attached hydrogens (tertiary/aromatic N) is 4. The summed E-state index contributed by atoms with van der Waals surface area (Å²) in [6.07, 6.45) is 2.55. The van der Waals surface area contributed by atoms with Gasteiger partial charge in [0.1, 0.15) is 0 Å². The molecule has 1 aromatic carbocycles. The fraction of sp³-hybridized carbons (Fsp3) is 0.500. The third-order valence-electron chi connectivity index (χ3n) is 5.86. The van der Waals surface area contributed by atoms with Crippen molar-refractivity contribution in [2.75, 3.05) is 50.8 Å². The van der Waals surface area contributed by atoms with Gasteiger partial charge >= 0.3 is 0 Å². The predicted molar refractivity (Wildman–Crippen MR) is 141 cm³/mol. The van der Waals surface area contributed by atoms with Gasteiger partial charge < -0.3 is 20.3 Å². The maximum Gasteiger partial charge on any atom is 0.191 e. The Balaban J connectivity index is 0.00000306. The lowest BCUT2D eigenvalue weighted by molar-refractivity contribution is 0.0342. The van der Waals surface area contributed by atoms with Gasteiger partial charge in [-0.1, -0.05) is 24.3 Å². The number of morpholine rings is 1. The van der Waals surface area contributed by atoms with E-state index in [0.717, 1.165) is 58.3 Å². The van der Waals surface area contributed by atoms with Gasteiger partial charge in [0.25, 0.3) is 0 Å². The quantitative estimate of drug-likeness (QED) is 0.304. The van der Waals surface area contributed by atoms with E-state index in [1.165, 1.54) is 17.2 Å². The molecule has 2 N–H and O–H groups in total. The number of ether oxygens (including phenoxy) is 1. The minimum atomic E-state index is -0.272. The van der Waals surface area contributed by atoms with Crippen LogP contribution in [-0.4, -0.2) is 67.8 Å². The lowest BCUT2D eigenvalue weighted by Crippen LogP contribution is -2.44. The maximum absolute atomic E-state index is 14.1. The van der Waals surface area contributed by atoms with Crippen LogP contribution in [0.25, 0.3) is 0 Å². The molecule has 0 bridgehead atoms. The fourth-order valence-electron chi connectivity index (χ4n) is 4.13. The molecule has 1 atom stereocenters. The third-order valence-corrected chi connectivity index (χ3v) is 5.86. The van der Waals surface area contributed by atoms with Crippen LogP contribution in [0, 0.1) is 5.82 Å². The van der Waals surface area contributed by atoms with Gasteiger partial charge in [-0.15, -0.1) is 24.0 Å². The van der Waals surface area contributed by atoms with Crippen molar-refractivity contribution in [3.8, 4) is 0 Å². The number of nitrogens with one attached hydrogen (secondary N) is 2. The van der Waals surface area contributed by atoms with Crippen LogP contribution in [0.1, 0.15) is 24.5 Å². The van der Waals surface area contributed by atoms with Crippen LogP contribution >= 0.6 is 24.0 Å². The predicted octanol–water partition coefficient (Wildman–Crippen LogP) is 3.00. The Morgan fingerprint density at radius 2 is 1.91 bits per heavy atom. The van der Waals surface area contributed by atoms with Gasteiger partial charge in [0, 0.05) is 51.5 Å². The molecule has 7 nitrogen and oxygen atoms in total. The molecule has 33 heavy (non-hydrogen) atoms. The minimum absolute atomic E-state index is 0. The normalized spacial score (nSPS) is 19.3. The van der Waals surface area contributed by atoms with Crippen molar-refractivity contribution in [3.63, 3.8) is 0 Å².